The Morgan fingerprint density at radius 3 is 2.57 bits per heavy atom. The number of carbonyl (C=O) groups excluding carboxylic acids is 2. The van der Waals surface area contributed by atoms with E-state index in [1.165, 1.54) is 0 Å². The highest BCUT2D eigenvalue weighted by atomic mass is 16.2. The molecule has 154 valence electrons. The maximum Gasteiger partial charge on any atom is 0.322 e. The van der Waals surface area contributed by atoms with Crippen LogP contribution in [0, 0.1) is 13.8 Å². The van der Waals surface area contributed by atoms with Gasteiger partial charge in [-0.05, 0) is 37.6 Å². The van der Waals surface area contributed by atoms with Crippen LogP contribution in [-0.4, -0.2) is 39.7 Å². The van der Waals surface area contributed by atoms with E-state index in [4.69, 9.17) is 0 Å². The van der Waals surface area contributed by atoms with Gasteiger partial charge in [-0.2, -0.15) is 5.10 Å². The number of nitrogens with one attached hydrogen (secondary N) is 2. The molecule has 0 saturated carbocycles. The second-order valence-corrected chi connectivity index (χ2v) is 7.46. The molecule has 1 aliphatic rings. The SMILES string of the molecule is Cc1cc(C)n(-c2ccccc2NC(=O)N2CCNC(=O)C[C@@H]2c2ccccc2)n1. The lowest BCUT2D eigenvalue weighted by Crippen LogP contribution is -2.39. The molecule has 1 aromatic heterocycles. The van der Waals surface area contributed by atoms with Crippen LogP contribution in [0.15, 0.2) is 60.7 Å². The van der Waals surface area contributed by atoms with E-state index in [0.29, 0.717) is 18.8 Å². The van der Waals surface area contributed by atoms with Crippen molar-refractivity contribution in [2.45, 2.75) is 26.3 Å². The maximum absolute atomic E-state index is 13.3. The number of aromatic nitrogens is 2. The molecule has 2 heterocycles. The Bertz CT molecular complexity index is 1060. The highest BCUT2D eigenvalue weighted by molar-refractivity contribution is 5.92. The zero-order valence-corrected chi connectivity index (χ0v) is 17.1. The van der Waals surface area contributed by atoms with Gasteiger partial charge in [-0.3, -0.25) is 4.79 Å². The number of carbonyl (C=O) groups is 2. The summed E-state index contributed by atoms with van der Waals surface area (Å²) in [4.78, 5) is 27.2. The highest BCUT2D eigenvalue weighted by Crippen LogP contribution is 2.28. The number of para-hydroxylation sites is 2. The third-order valence-electron chi connectivity index (χ3n) is 5.26. The second kappa shape index (κ2) is 8.41. The zero-order chi connectivity index (χ0) is 21.1. The fourth-order valence-electron chi connectivity index (χ4n) is 3.87. The van der Waals surface area contributed by atoms with Crippen LogP contribution in [0.1, 0.15) is 29.4 Å². The largest absolute Gasteiger partial charge is 0.354 e. The molecular weight excluding hydrogens is 378 g/mol. The molecule has 7 nitrogen and oxygen atoms in total. The van der Waals surface area contributed by atoms with Crippen LogP contribution >= 0.6 is 0 Å². The van der Waals surface area contributed by atoms with Crippen LogP contribution in [0.3, 0.4) is 0 Å². The normalized spacial score (nSPS) is 16.7. The van der Waals surface area contributed by atoms with Gasteiger partial charge in [-0.15, -0.1) is 0 Å². The number of amides is 3. The average molecular weight is 403 g/mol. The van der Waals surface area contributed by atoms with Gasteiger partial charge in [0.1, 0.15) is 0 Å². The molecule has 1 aliphatic heterocycles. The van der Waals surface area contributed by atoms with Gasteiger partial charge in [0.25, 0.3) is 0 Å². The molecule has 2 N–H and O–H groups in total. The quantitative estimate of drug-likeness (QED) is 0.702. The minimum atomic E-state index is -0.324. The van der Waals surface area contributed by atoms with Gasteiger partial charge in [0.2, 0.25) is 5.91 Å². The Morgan fingerprint density at radius 2 is 1.83 bits per heavy atom. The average Bonchev–Trinajstić information content (AvgIpc) is 2.95. The maximum atomic E-state index is 13.3. The molecule has 7 heteroatoms. The van der Waals surface area contributed by atoms with Crippen molar-refractivity contribution in [3.05, 3.63) is 77.6 Å². The van der Waals surface area contributed by atoms with E-state index in [1.807, 2.05) is 79.2 Å². The standard InChI is InChI=1S/C23H25N5O2/c1-16-14-17(2)28(26-16)20-11-7-6-10-19(20)25-23(30)27-13-12-24-22(29)15-21(27)18-8-4-3-5-9-18/h3-11,14,21H,12-13,15H2,1-2H3,(H,24,29)(H,25,30)/t21-/m1/s1. The Morgan fingerprint density at radius 1 is 1.10 bits per heavy atom. The predicted octanol–water partition coefficient (Wildman–Crippen LogP) is 3.58. The van der Waals surface area contributed by atoms with Crippen molar-refractivity contribution in [1.29, 1.82) is 0 Å². The molecule has 1 atom stereocenters. The third kappa shape index (κ3) is 4.05. The Kier molecular flexibility index (Phi) is 5.52. The van der Waals surface area contributed by atoms with Crippen molar-refractivity contribution in [2.75, 3.05) is 18.4 Å². The van der Waals surface area contributed by atoms with Crippen LogP contribution in [-0.2, 0) is 4.79 Å². The first-order valence-corrected chi connectivity index (χ1v) is 10.0. The van der Waals surface area contributed by atoms with E-state index in [0.717, 1.165) is 22.6 Å². The zero-order valence-electron chi connectivity index (χ0n) is 17.1. The molecule has 3 aromatic rings. The van der Waals surface area contributed by atoms with Crippen molar-refractivity contribution >= 4 is 17.6 Å². The van der Waals surface area contributed by atoms with Crippen molar-refractivity contribution < 1.29 is 9.59 Å². The summed E-state index contributed by atoms with van der Waals surface area (Å²) < 4.78 is 1.83. The van der Waals surface area contributed by atoms with Crippen molar-refractivity contribution in [3.8, 4) is 5.69 Å². The Hall–Kier alpha value is -3.61. The topological polar surface area (TPSA) is 79.3 Å². The summed E-state index contributed by atoms with van der Waals surface area (Å²) in [6.07, 6.45) is 0.233. The summed E-state index contributed by atoms with van der Waals surface area (Å²) in [6, 6.07) is 18.7. The minimum Gasteiger partial charge on any atom is -0.354 e. The smallest absolute Gasteiger partial charge is 0.322 e. The third-order valence-corrected chi connectivity index (χ3v) is 5.26. The molecular formula is C23H25N5O2. The van der Waals surface area contributed by atoms with Gasteiger partial charge < -0.3 is 15.5 Å². The lowest BCUT2D eigenvalue weighted by atomic mass is 10.0. The Balaban J connectivity index is 1.64. The number of benzene rings is 2. The van der Waals surface area contributed by atoms with Gasteiger partial charge in [0.05, 0.1) is 29.5 Å². The van der Waals surface area contributed by atoms with E-state index < -0.39 is 0 Å². The fourth-order valence-corrected chi connectivity index (χ4v) is 3.87. The molecule has 30 heavy (non-hydrogen) atoms. The first-order chi connectivity index (χ1) is 14.5. The molecule has 2 aromatic carbocycles. The number of nitrogens with zero attached hydrogens (tertiary/aromatic N) is 3. The number of urea groups is 1. The van der Waals surface area contributed by atoms with Gasteiger partial charge in [-0.25, -0.2) is 9.48 Å². The Labute approximate surface area is 175 Å². The van der Waals surface area contributed by atoms with E-state index in [2.05, 4.69) is 15.7 Å². The summed E-state index contributed by atoms with van der Waals surface area (Å²) in [6.45, 7) is 4.78. The molecule has 0 spiro atoms. The molecule has 0 bridgehead atoms. The van der Waals surface area contributed by atoms with E-state index in [1.54, 1.807) is 4.90 Å². The molecule has 0 radical (unpaired) electrons. The number of anilines is 1. The number of hydrogen-bond acceptors (Lipinski definition) is 3. The van der Waals surface area contributed by atoms with E-state index >= 15 is 0 Å². The number of aryl methyl sites for hydroxylation is 2. The molecule has 3 amide bonds. The van der Waals surface area contributed by atoms with Gasteiger partial charge >= 0.3 is 6.03 Å². The first-order valence-electron chi connectivity index (χ1n) is 10.0. The summed E-state index contributed by atoms with van der Waals surface area (Å²) in [5.74, 6) is -0.0535. The van der Waals surface area contributed by atoms with E-state index in [9.17, 15) is 9.59 Å². The molecule has 0 unspecified atom stereocenters. The van der Waals surface area contributed by atoms with Crippen LogP contribution < -0.4 is 10.6 Å². The van der Waals surface area contributed by atoms with Crippen LogP contribution in [0.4, 0.5) is 10.5 Å². The lowest BCUT2D eigenvalue weighted by Gasteiger charge is -2.30. The van der Waals surface area contributed by atoms with Gasteiger partial charge in [0, 0.05) is 18.8 Å². The number of hydrogen-bond donors (Lipinski definition) is 2. The van der Waals surface area contributed by atoms with Crippen LogP contribution in [0.2, 0.25) is 0 Å². The summed E-state index contributed by atoms with van der Waals surface area (Å²) in [5.41, 5.74) is 4.31. The summed E-state index contributed by atoms with van der Waals surface area (Å²) in [5, 5.41) is 10.5. The van der Waals surface area contributed by atoms with Crippen molar-refractivity contribution in [1.82, 2.24) is 20.0 Å². The van der Waals surface area contributed by atoms with Crippen LogP contribution in [0.25, 0.3) is 5.69 Å². The number of rotatable bonds is 3. The minimum absolute atomic E-state index is 0.0535. The summed E-state index contributed by atoms with van der Waals surface area (Å²) >= 11 is 0. The molecule has 0 aliphatic carbocycles. The lowest BCUT2D eigenvalue weighted by molar-refractivity contribution is -0.121. The van der Waals surface area contributed by atoms with E-state index in [-0.39, 0.29) is 24.4 Å². The van der Waals surface area contributed by atoms with Gasteiger partial charge in [-0.1, -0.05) is 42.5 Å². The summed E-state index contributed by atoms with van der Waals surface area (Å²) in [7, 11) is 0. The fraction of sp³-hybridized carbons (Fsp3) is 0.261. The second-order valence-electron chi connectivity index (χ2n) is 7.46. The molecule has 1 saturated heterocycles. The van der Waals surface area contributed by atoms with Crippen molar-refractivity contribution in [3.63, 3.8) is 0 Å². The molecule has 4 rings (SSSR count). The predicted molar refractivity (Wildman–Crippen MR) is 116 cm³/mol. The first kappa shape index (κ1) is 19.7. The molecule has 1 fully saturated rings. The van der Waals surface area contributed by atoms with Crippen LogP contribution in [0.5, 0.6) is 0 Å². The van der Waals surface area contributed by atoms with Crippen molar-refractivity contribution in [2.24, 2.45) is 0 Å². The monoisotopic (exact) mass is 403 g/mol. The highest BCUT2D eigenvalue weighted by Gasteiger charge is 2.30. The van der Waals surface area contributed by atoms with Gasteiger partial charge in [0.15, 0.2) is 0 Å².